The lowest BCUT2D eigenvalue weighted by Crippen LogP contribution is -2.57. The van der Waals surface area contributed by atoms with Crippen molar-refractivity contribution >= 4 is 17.7 Å². The number of nitrogens with one attached hydrogen (secondary N) is 1. The predicted molar refractivity (Wildman–Crippen MR) is 64.4 cm³/mol. The Balaban J connectivity index is 2.70. The summed E-state index contributed by atoms with van der Waals surface area (Å²) in [4.78, 5) is 11.3. The van der Waals surface area contributed by atoms with Crippen LogP contribution in [0.1, 0.15) is 33.6 Å². The van der Waals surface area contributed by atoms with E-state index >= 15 is 0 Å². The fraction of sp³-hybridized carbons (Fsp3) is 0.909. The van der Waals surface area contributed by atoms with Crippen LogP contribution in [0.5, 0.6) is 0 Å². The molecule has 2 N–H and O–H groups in total. The minimum Gasteiger partial charge on any atom is -0.480 e. The first kappa shape index (κ1) is 12.8. The molecule has 15 heavy (non-hydrogen) atoms. The summed E-state index contributed by atoms with van der Waals surface area (Å²) in [5.41, 5.74) is -0.671. The van der Waals surface area contributed by atoms with Gasteiger partial charge in [-0.15, -0.1) is 0 Å². The lowest BCUT2D eigenvalue weighted by molar-refractivity contribution is -0.144. The number of carboxylic acid groups (broad SMARTS) is 1. The van der Waals surface area contributed by atoms with Crippen molar-refractivity contribution < 1.29 is 9.90 Å². The maximum atomic E-state index is 11.3. The average molecular weight is 231 g/mol. The molecule has 1 rings (SSSR count). The molecular formula is C11H21NO2S. The summed E-state index contributed by atoms with van der Waals surface area (Å²) in [5, 5.41) is 12.7. The van der Waals surface area contributed by atoms with Gasteiger partial charge in [-0.1, -0.05) is 20.8 Å². The maximum absolute atomic E-state index is 11.3. The number of carbonyl (C=O) groups is 1. The lowest BCUT2D eigenvalue weighted by atomic mass is 9.93. The van der Waals surface area contributed by atoms with E-state index in [1.54, 1.807) is 11.8 Å². The molecule has 0 bridgehead atoms. The summed E-state index contributed by atoms with van der Waals surface area (Å²) < 4.78 is 0. The molecule has 4 heteroatoms. The average Bonchev–Trinajstić information content (AvgIpc) is 2.63. The molecule has 1 aliphatic rings. The maximum Gasteiger partial charge on any atom is 0.324 e. The Kier molecular flexibility index (Phi) is 4.46. The molecule has 88 valence electrons. The third-order valence-electron chi connectivity index (χ3n) is 3.14. The van der Waals surface area contributed by atoms with E-state index in [2.05, 4.69) is 26.1 Å². The van der Waals surface area contributed by atoms with Gasteiger partial charge >= 0.3 is 5.97 Å². The summed E-state index contributed by atoms with van der Waals surface area (Å²) in [6, 6.07) is 0.305. The second-order valence-electron chi connectivity index (χ2n) is 4.59. The van der Waals surface area contributed by atoms with E-state index in [1.807, 2.05) is 0 Å². The molecule has 0 saturated carbocycles. The molecule has 2 unspecified atom stereocenters. The molecular weight excluding hydrogens is 210 g/mol. The van der Waals surface area contributed by atoms with Crippen LogP contribution in [-0.2, 0) is 4.79 Å². The van der Waals surface area contributed by atoms with E-state index in [-0.39, 0.29) is 0 Å². The van der Waals surface area contributed by atoms with Crippen LogP contribution >= 0.6 is 11.8 Å². The summed E-state index contributed by atoms with van der Waals surface area (Å²) in [6.45, 7) is 6.38. The quantitative estimate of drug-likeness (QED) is 0.759. The molecule has 3 nitrogen and oxygen atoms in total. The highest BCUT2D eigenvalue weighted by atomic mass is 32.2. The van der Waals surface area contributed by atoms with Gasteiger partial charge in [0, 0.05) is 11.8 Å². The van der Waals surface area contributed by atoms with Gasteiger partial charge < -0.3 is 5.11 Å². The van der Waals surface area contributed by atoms with Crippen molar-refractivity contribution in [2.24, 2.45) is 5.92 Å². The number of rotatable bonds is 5. The topological polar surface area (TPSA) is 49.3 Å². The van der Waals surface area contributed by atoms with Crippen LogP contribution < -0.4 is 5.32 Å². The van der Waals surface area contributed by atoms with Crippen LogP contribution in [-0.4, -0.2) is 34.2 Å². The Morgan fingerprint density at radius 2 is 2.27 bits per heavy atom. The van der Waals surface area contributed by atoms with Gasteiger partial charge in [0.2, 0.25) is 0 Å². The largest absolute Gasteiger partial charge is 0.480 e. The molecule has 0 amide bonds. The summed E-state index contributed by atoms with van der Waals surface area (Å²) >= 11 is 1.73. The first-order chi connectivity index (χ1) is 7.02. The monoisotopic (exact) mass is 231 g/mol. The van der Waals surface area contributed by atoms with Crippen molar-refractivity contribution in [3.63, 3.8) is 0 Å². The van der Waals surface area contributed by atoms with Crippen molar-refractivity contribution in [2.75, 3.05) is 11.5 Å². The summed E-state index contributed by atoms with van der Waals surface area (Å²) in [5.74, 6) is 1.45. The van der Waals surface area contributed by atoms with Gasteiger partial charge in [-0.2, -0.15) is 11.8 Å². The zero-order chi connectivity index (χ0) is 11.5. The second-order valence-corrected chi connectivity index (χ2v) is 5.70. The SMILES string of the molecule is CCC(NC1(C(=O)O)CCSC1)C(C)C. The van der Waals surface area contributed by atoms with Gasteiger partial charge in [-0.05, 0) is 24.5 Å². The molecule has 0 aromatic rings. The Morgan fingerprint density at radius 1 is 1.60 bits per heavy atom. The highest BCUT2D eigenvalue weighted by Crippen LogP contribution is 2.29. The Bertz CT molecular complexity index is 225. The Hall–Kier alpha value is -0.220. The van der Waals surface area contributed by atoms with Crippen LogP contribution in [0.4, 0.5) is 0 Å². The van der Waals surface area contributed by atoms with Crippen LogP contribution in [0.2, 0.25) is 0 Å². The number of carboxylic acids is 1. The van der Waals surface area contributed by atoms with Crippen LogP contribution in [0.15, 0.2) is 0 Å². The first-order valence-electron chi connectivity index (χ1n) is 5.60. The van der Waals surface area contributed by atoms with Gasteiger partial charge in [-0.3, -0.25) is 10.1 Å². The normalized spacial score (nSPS) is 28.3. The summed E-state index contributed by atoms with van der Waals surface area (Å²) in [6.07, 6.45) is 1.73. The third kappa shape index (κ3) is 2.88. The zero-order valence-electron chi connectivity index (χ0n) is 9.75. The van der Waals surface area contributed by atoms with Crippen molar-refractivity contribution in [2.45, 2.75) is 45.2 Å². The van der Waals surface area contributed by atoms with Crippen molar-refractivity contribution in [1.29, 1.82) is 0 Å². The van der Waals surface area contributed by atoms with E-state index < -0.39 is 11.5 Å². The van der Waals surface area contributed by atoms with Crippen LogP contribution in [0.3, 0.4) is 0 Å². The van der Waals surface area contributed by atoms with Crippen molar-refractivity contribution in [3.8, 4) is 0 Å². The molecule has 0 aliphatic carbocycles. The molecule has 0 spiro atoms. The van der Waals surface area contributed by atoms with E-state index in [4.69, 9.17) is 0 Å². The fourth-order valence-corrected chi connectivity index (χ4v) is 3.34. The zero-order valence-corrected chi connectivity index (χ0v) is 10.6. The minimum atomic E-state index is -0.688. The number of hydrogen-bond acceptors (Lipinski definition) is 3. The highest BCUT2D eigenvalue weighted by molar-refractivity contribution is 7.99. The summed E-state index contributed by atoms with van der Waals surface area (Å²) in [7, 11) is 0. The second kappa shape index (κ2) is 5.21. The van der Waals surface area contributed by atoms with Gasteiger partial charge in [0.05, 0.1) is 0 Å². The van der Waals surface area contributed by atoms with E-state index in [0.717, 1.165) is 18.6 Å². The number of thioether (sulfide) groups is 1. The van der Waals surface area contributed by atoms with E-state index in [9.17, 15) is 9.90 Å². The molecule has 0 radical (unpaired) electrons. The van der Waals surface area contributed by atoms with Gasteiger partial charge in [-0.25, -0.2) is 0 Å². The minimum absolute atomic E-state index is 0.305. The molecule has 0 aromatic carbocycles. The highest BCUT2D eigenvalue weighted by Gasteiger charge is 2.43. The number of aliphatic carboxylic acids is 1. The molecule has 1 aliphatic heterocycles. The van der Waals surface area contributed by atoms with Gasteiger partial charge in [0.1, 0.15) is 5.54 Å². The lowest BCUT2D eigenvalue weighted by Gasteiger charge is -2.32. The van der Waals surface area contributed by atoms with Gasteiger partial charge in [0.25, 0.3) is 0 Å². The fourth-order valence-electron chi connectivity index (χ4n) is 2.00. The Morgan fingerprint density at radius 3 is 2.60 bits per heavy atom. The van der Waals surface area contributed by atoms with Crippen molar-refractivity contribution in [3.05, 3.63) is 0 Å². The van der Waals surface area contributed by atoms with E-state index in [1.165, 1.54) is 0 Å². The predicted octanol–water partition coefficient (Wildman–Crippen LogP) is 1.97. The molecule has 1 heterocycles. The van der Waals surface area contributed by atoms with Crippen LogP contribution in [0.25, 0.3) is 0 Å². The van der Waals surface area contributed by atoms with Gasteiger partial charge in [0.15, 0.2) is 0 Å². The van der Waals surface area contributed by atoms with Crippen LogP contribution in [0, 0.1) is 5.92 Å². The number of hydrogen-bond donors (Lipinski definition) is 2. The smallest absolute Gasteiger partial charge is 0.324 e. The third-order valence-corrected chi connectivity index (χ3v) is 4.33. The molecule has 1 fully saturated rings. The van der Waals surface area contributed by atoms with E-state index in [0.29, 0.717) is 17.7 Å². The first-order valence-corrected chi connectivity index (χ1v) is 6.76. The molecule has 2 atom stereocenters. The standard InChI is InChI=1S/C11H21NO2S/c1-4-9(8(2)3)12-11(10(13)14)5-6-15-7-11/h8-9,12H,4-7H2,1-3H3,(H,13,14). The van der Waals surface area contributed by atoms with Crippen molar-refractivity contribution in [1.82, 2.24) is 5.32 Å². The Labute approximate surface area is 96.0 Å². The molecule has 1 saturated heterocycles. The molecule has 0 aromatic heterocycles.